The van der Waals surface area contributed by atoms with Crippen LogP contribution in [0.15, 0.2) is 71.6 Å². The highest BCUT2D eigenvalue weighted by atomic mass is 32.2. The SMILES string of the molecule is Cc1cc(NC(=O)C2CCN(S(=O)(=O)c3ccccc3)CC2)nn1Cc1ccccc1. The summed E-state index contributed by atoms with van der Waals surface area (Å²) in [6.07, 6.45) is 0.975. The fraction of sp³-hybridized carbons (Fsp3) is 0.304. The minimum absolute atomic E-state index is 0.110. The summed E-state index contributed by atoms with van der Waals surface area (Å²) in [6, 6.07) is 20.3. The topological polar surface area (TPSA) is 84.3 Å². The molecule has 0 radical (unpaired) electrons. The van der Waals surface area contributed by atoms with Crippen molar-refractivity contribution in [1.82, 2.24) is 14.1 Å². The average Bonchev–Trinajstić information content (AvgIpc) is 3.13. The van der Waals surface area contributed by atoms with E-state index in [1.807, 2.05) is 48.0 Å². The fourth-order valence-electron chi connectivity index (χ4n) is 3.82. The lowest BCUT2D eigenvalue weighted by atomic mass is 9.97. The minimum Gasteiger partial charge on any atom is -0.309 e. The van der Waals surface area contributed by atoms with Gasteiger partial charge in [0.25, 0.3) is 0 Å². The second-order valence-electron chi connectivity index (χ2n) is 7.79. The van der Waals surface area contributed by atoms with Crippen molar-refractivity contribution in [2.75, 3.05) is 18.4 Å². The Morgan fingerprint density at radius 1 is 1.03 bits per heavy atom. The number of carbonyl (C=O) groups excluding carboxylic acids is 1. The Balaban J connectivity index is 1.35. The van der Waals surface area contributed by atoms with Crippen molar-refractivity contribution in [3.8, 4) is 0 Å². The molecule has 0 aliphatic carbocycles. The Hall–Kier alpha value is -2.97. The van der Waals surface area contributed by atoms with E-state index in [-0.39, 0.29) is 16.7 Å². The lowest BCUT2D eigenvalue weighted by Crippen LogP contribution is -2.41. The molecule has 0 unspecified atom stereocenters. The molecule has 1 saturated heterocycles. The van der Waals surface area contributed by atoms with E-state index >= 15 is 0 Å². The molecule has 2 aromatic carbocycles. The van der Waals surface area contributed by atoms with Gasteiger partial charge >= 0.3 is 0 Å². The standard InChI is InChI=1S/C23H26N4O3S/c1-18-16-22(25-27(18)17-19-8-4-2-5-9-19)24-23(28)20-12-14-26(15-13-20)31(29,30)21-10-6-3-7-11-21/h2-11,16,20H,12-15,17H2,1H3,(H,24,25,28). The van der Waals surface area contributed by atoms with Crippen molar-refractivity contribution in [1.29, 1.82) is 0 Å². The molecule has 1 aliphatic rings. The van der Waals surface area contributed by atoms with Gasteiger partial charge in [-0.25, -0.2) is 8.42 Å². The summed E-state index contributed by atoms with van der Waals surface area (Å²) in [4.78, 5) is 13.0. The number of rotatable bonds is 6. The number of carbonyl (C=O) groups is 1. The van der Waals surface area contributed by atoms with Gasteiger partial charge in [0.15, 0.2) is 5.82 Å². The fourth-order valence-corrected chi connectivity index (χ4v) is 5.31. The van der Waals surface area contributed by atoms with Crippen molar-refractivity contribution in [3.05, 3.63) is 78.0 Å². The van der Waals surface area contributed by atoms with Gasteiger partial charge < -0.3 is 5.32 Å². The van der Waals surface area contributed by atoms with E-state index in [1.54, 1.807) is 30.3 Å². The third kappa shape index (κ3) is 4.86. The van der Waals surface area contributed by atoms with Gasteiger partial charge in [0.2, 0.25) is 15.9 Å². The number of aryl methyl sites for hydroxylation is 1. The van der Waals surface area contributed by atoms with Crippen LogP contribution >= 0.6 is 0 Å². The summed E-state index contributed by atoms with van der Waals surface area (Å²) < 4.78 is 28.8. The summed E-state index contributed by atoms with van der Waals surface area (Å²) in [5.74, 6) is 0.181. The van der Waals surface area contributed by atoms with E-state index in [4.69, 9.17) is 0 Å². The van der Waals surface area contributed by atoms with Gasteiger partial charge in [-0.2, -0.15) is 9.40 Å². The molecule has 1 aromatic heterocycles. The van der Waals surface area contributed by atoms with E-state index in [9.17, 15) is 13.2 Å². The summed E-state index contributed by atoms with van der Waals surface area (Å²) in [5.41, 5.74) is 2.10. The highest BCUT2D eigenvalue weighted by Gasteiger charge is 2.32. The first-order chi connectivity index (χ1) is 14.9. The van der Waals surface area contributed by atoms with Gasteiger partial charge in [0.1, 0.15) is 0 Å². The maximum Gasteiger partial charge on any atom is 0.243 e. The molecule has 0 bridgehead atoms. The highest BCUT2D eigenvalue weighted by Crippen LogP contribution is 2.25. The van der Waals surface area contributed by atoms with Crippen LogP contribution in [0.25, 0.3) is 0 Å². The van der Waals surface area contributed by atoms with E-state index in [0.29, 0.717) is 38.3 Å². The molecule has 31 heavy (non-hydrogen) atoms. The second-order valence-corrected chi connectivity index (χ2v) is 9.73. The van der Waals surface area contributed by atoms with Gasteiger partial charge in [-0.1, -0.05) is 48.5 Å². The predicted octanol–water partition coefficient (Wildman–Crippen LogP) is 3.28. The van der Waals surface area contributed by atoms with Crippen molar-refractivity contribution in [3.63, 3.8) is 0 Å². The molecule has 162 valence electrons. The number of hydrogen-bond acceptors (Lipinski definition) is 4. The minimum atomic E-state index is -3.52. The molecule has 2 heterocycles. The number of nitrogens with one attached hydrogen (secondary N) is 1. The summed E-state index contributed by atoms with van der Waals surface area (Å²) in [5, 5.41) is 7.42. The van der Waals surface area contributed by atoms with Gasteiger partial charge in [-0.05, 0) is 37.5 Å². The maximum atomic E-state index is 12.8. The van der Waals surface area contributed by atoms with Crippen molar-refractivity contribution < 1.29 is 13.2 Å². The molecule has 3 aromatic rings. The second kappa shape index (κ2) is 9.03. The molecule has 0 spiro atoms. The first-order valence-corrected chi connectivity index (χ1v) is 11.8. The Morgan fingerprint density at radius 2 is 1.65 bits per heavy atom. The van der Waals surface area contributed by atoms with Crippen LogP contribution in [0.4, 0.5) is 5.82 Å². The lowest BCUT2D eigenvalue weighted by Gasteiger charge is -2.30. The number of anilines is 1. The zero-order valence-electron chi connectivity index (χ0n) is 17.4. The summed E-state index contributed by atoms with van der Waals surface area (Å²) in [7, 11) is -3.52. The largest absolute Gasteiger partial charge is 0.309 e. The molecule has 1 N–H and O–H groups in total. The number of aromatic nitrogens is 2. The first-order valence-electron chi connectivity index (χ1n) is 10.4. The molecule has 0 saturated carbocycles. The predicted molar refractivity (Wildman–Crippen MR) is 119 cm³/mol. The van der Waals surface area contributed by atoms with Crippen molar-refractivity contribution in [2.24, 2.45) is 5.92 Å². The zero-order valence-corrected chi connectivity index (χ0v) is 18.3. The number of sulfonamides is 1. The van der Waals surface area contributed by atoms with Crippen LogP contribution in [-0.4, -0.2) is 41.5 Å². The third-order valence-corrected chi connectivity index (χ3v) is 7.53. The van der Waals surface area contributed by atoms with Gasteiger partial charge in [-0.3, -0.25) is 9.48 Å². The quantitative estimate of drug-likeness (QED) is 0.640. The van der Waals surface area contributed by atoms with Gasteiger partial charge in [-0.15, -0.1) is 0 Å². The Morgan fingerprint density at radius 3 is 2.29 bits per heavy atom. The number of hydrogen-bond donors (Lipinski definition) is 1. The Labute approximate surface area is 182 Å². The molecule has 1 amide bonds. The monoisotopic (exact) mass is 438 g/mol. The van der Waals surface area contributed by atoms with Crippen LogP contribution in [0.5, 0.6) is 0 Å². The number of nitrogens with zero attached hydrogens (tertiary/aromatic N) is 3. The maximum absolute atomic E-state index is 12.8. The number of amides is 1. The van der Waals surface area contributed by atoms with Crippen LogP contribution < -0.4 is 5.32 Å². The van der Waals surface area contributed by atoms with Crippen LogP contribution in [0.2, 0.25) is 0 Å². The molecular formula is C23H26N4O3S. The molecular weight excluding hydrogens is 412 g/mol. The van der Waals surface area contributed by atoms with E-state index in [2.05, 4.69) is 10.4 Å². The third-order valence-electron chi connectivity index (χ3n) is 5.61. The lowest BCUT2D eigenvalue weighted by molar-refractivity contribution is -0.120. The van der Waals surface area contributed by atoms with Gasteiger partial charge in [0, 0.05) is 30.8 Å². The molecule has 1 aliphatic heterocycles. The van der Waals surface area contributed by atoms with Crippen molar-refractivity contribution in [2.45, 2.75) is 31.2 Å². The molecule has 8 heteroatoms. The normalized spacial score (nSPS) is 15.6. The molecule has 7 nitrogen and oxygen atoms in total. The Kier molecular flexibility index (Phi) is 6.20. The molecule has 1 fully saturated rings. The van der Waals surface area contributed by atoms with Crippen LogP contribution in [0, 0.1) is 12.8 Å². The van der Waals surface area contributed by atoms with Crippen LogP contribution in [-0.2, 0) is 21.4 Å². The first kappa shape index (κ1) is 21.3. The Bertz CT molecular complexity index is 1140. The number of benzene rings is 2. The smallest absolute Gasteiger partial charge is 0.243 e. The van der Waals surface area contributed by atoms with Crippen LogP contribution in [0.3, 0.4) is 0 Å². The summed E-state index contributed by atoms with van der Waals surface area (Å²) in [6.45, 7) is 3.25. The van der Waals surface area contributed by atoms with E-state index < -0.39 is 10.0 Å². The zero-order chi connectivity index (χ0) is 21.8. The molecule has 0 atom stereocenters. The van der Waals surface area contributed by atoms with E-state index in [1.165, 1.54) is 4.31 Å². The van der Waals surface area contributed by atoms with Crippen LogP contribution in [0.1, 0.15) is 24.1 Å². The molecule has 4 rings (SSSR count). The van der Waals surface area contributed by atoms with Gasteiger partial charge in [0.05, 0.1) is 11.4 Å². The number of piperidine rings is 1. The summed E-state index contributed by atoms with van der Waals surface area (Å²) >= 11 is 0. The van der Waals surface area contributed by atoms with Crippen molar-refractivity contribution >= 4 is 21.7 Å². The average molecular weight is 439 g/mol. The highest BCUT2D eigenvalue weighted by molar-refractivity contribution is 7.89. The van der Waals surface area contributed by atoms with E-state index in [0.717, 1.165) is 11.3 Å².